The fraction of sp³-hybridized carbons (Fsp3) is 0.769. The highest BCUT2D eigenvalue weighted by atomic mass is 16.5. The lowest BCUT2D eigenvalue weighted by molar-refractivity contribution is 0.0314. The summed E-state index contributed by atoms with van der Waals surface area (Å²) in [5.41, 5.74) is 7.62. The molecule has 0 spiro atoms. The molecule has 5 heteroatoms. The monoisotopic (exact) mass is 252 g/mol. The van der Waals surface area contributed by atoms with Crippen LogP contribution in [-0.2, 0) is 4.74 Å². The van der Waals surface area contributed by atoms with Gasteiger partial charge in [-0.05, 0) is 40.5 Å². The Hall–Kier alpha value is -1.23. The number of nitrogens with zero attached hydrogens (tertiary/aromatic N) is 2. The quantitative estimate of drug-likeness (QED) is 0.863. The topological polar surface area (TPSA) is 65.1 Å². The van der Waals surface area contributed by atoms with Crippen LogP contribution in [0.3, 0.4) is 0 Å². The summed E-state index contributed by atoms with van der Waals surface area (Å²) >= 11 is 0. The summed E-state index contributed by atoms with van der Waals surface area (Å²) in [5.74, 6) is 0.916. The third kappa shape index (κ3) is 2.46. The Bertz CT molecular complexity index is 419. The molecule has 2 heterocycles. The summed E-state index contributed by atoms with van der Waals surface area (Å²) in [5, 5.41) is 7.88. The minimum atomic E-state index is -0.0770. The van der Waals surface area contributed by atoms with Crippen LogP contribution in [0.4, 0.5) is 11.5 Å². The first-order valence-corrected chi connectivity index (χ1v) is 6.65. The standard InChI is InChI=1S/C13H24N4O/c1-9(2)17-12(11(14)10(3)16-17)15-8-13(4)6-5-7-18-13/h9,15H,5-8,14H2,1-4H3. The van der Waals surface area contributed by atoms with Crippen molar-refractivity contribution in [3.05, 3.63) is 5.69 Å². The van der Waals surface area contributed by atoms with E-state index >= 15 is 0 Å². The fourth-order valence-corrected chi connectivity index (χ4v) is 2.36. The Balaban J connectivity index is 2.13. The van der Waals surface area contributed by atoms with E-state index in [9.17, 15) is 0 Å². The predicted molar refractivity (Wildman–Crippen MR) is 73.8 cm³/mol. The van der Waals surface area contributed by atoms with Crippen molar-refractivity contribution < 1.29 is 4.74 Å². The van der Waals surface area contributed by atoms with Crippen LogP contribution in [0.2, 0.25) is 0 Å². The van der Waals surface area contributed by atoms with E-state index < -0.39 is 0 Å². The van der Waals surface area contributed by atoms with Crippen molar-refractivity contribution in [2.24, 2.45) is 0 Å². The van der Waals surface area contributed by atoms with E-state index in [2.05, 4.69) is 31.2 Å². The Labute approximate surface area is 109 Å². The lowest BCUT2D eigenvalue weighted by Crippen LogP contribution is -2.33. The number of ether oxygens (including phenoxy) is 1. The van der Waals surface area contributed by atoms with E-state index in [1.807, 2.05) is 11.6 Å². The van der Waals surface area contributed by atoms with Crippen LogP contribution in [0.25, 0.3) is 0 Å². The molecular formula is C13H24N4O. The molecule has 5 nitrogen and oxygen atoms in total. The first-order valence-electron chi connectivity index (χ1n) is 6.65. The van der Waals surface area contributed by atoms with Gasteiger partial charge in [-0.3, -0.25) is 0 Å². The van der Waals surface area contributed by atoms with Crippen LogP contribution >= 0.6 is 0 Å². The maximum absolute atomic E-state index is 6.08. The van der Waals surface area contributed by atoms with Crippen LogP contribution in [0.15, 0.2) is 0 Å². The summed E-state index contributed by atoms with van der Waals surface area (Å²) in [6, 6.07) is 0.292. The van der Waals surface area contributed by atoms with Gasteiger partial charge in [0.15, 0.2) is 0 Å². The minimum absolute atomic E-state index is 0.0770. The molecule has 1 atom stereocenters. The molecule has 1 aromatic heterocycles. The lowest BCUT2D eigenvalue weighted by Gasteiger charge is -2.24. The molecular weight excluding hydrogens is 228 g/mol. The van der Waals surface area contributed by atoms with E-state index in [1.165, 1.54) is 0 Å². The zero-order valence-electron chi connectivity index (χ0n) is 11.8. The molecule has 1 unspecified atom stereocenters. The highest BCUT2D eigenvalue weighted by Gasteiger charge is 2.30. The van der Waals surface area contributed by atoms with Gasteiger partial charge in [0.25, 0.3) is 0 Å². The van der Waals surface area contributed by atoms with Crippen molar-refractivity contribution in [2.45, 2.75) is 52.2 Å². The van der Waals surface area contributed by atoms with Gasteiger partial charge in [-0.1, -0.05) is 0 Å². The molecule has 0 bridgehead atoms. The van der Waals surface area contributed by atoms with E-state index in [0.29, 0.717) is 6.04 Å². The average Bonchev–Trinajstić information content (AvgIpc) is 2.84. The molecule has 0 aliphatic carbocycles. The third-order valence-electron chi connectivity index (χ3n) is 3.55. The van der Waals surface area contributed by atoms with Gasteiger partial charge in [0, 0.05) is 19.2 Å². The predicted octanol–water partition coefficient (Wildman–Crippen LogP) is 2.34. The zero-order valence-corrected chi connectivity index (χ0v) is 11.8. The van der Waals surface area contributed by atoms with Crippen LogP contribution < -0.4 is 11.1 Å². The molecule has 102 valence electrons. The van der Waals surface area contributed by atoms with Gasteiger partial charge in [-0.15, -0.1) is 0 Å². The maximum Gasteiger partial charge on any atom is 0.148 e. The number of nitrogen functional groups attached to an aromatic ring is 1. The van der Waals surface area contributed by atoms with Gasteiger partial charge < -0.3 is 15.8 Å². The van der Waals surface area contributed by atoms with Crippen molar-refractivity contribution in [1.82, 2.24) is 9.78 Å². The molecule has 2 rings (SSSR count). The largest absolute Gasteiger partial charge is 0.394 e. The van der Waals surface area contributed by atoms with Crippen molar-refractivity contribution in [3.8, 4) is 0 Å². The highest BCUT2D eigenvalue weighted by Crippen LogP contribution is 2.29. The average molecular weight is 252 g/mol. The summed E-state index contributed by atoms with van der Waals surface area (Å²) in [6.07, 6.45) is 2.23. The summed E-state index contributed by atoms with van der Waals surface area (Å²) in [7, 11) is 0. The molecule has 1 aliphatic rings. The molecule has 3 N–H and O–H groups in total. The van der Waals surface area contributed by atoms with Crippen molar-refractivity contribution in [2.75, 3.05) is 24.2 Å². The van der Waals surface area contributed by atoms with Gasteiger partial charge in [-0.25, -0.2) is 4.68 Å². The van der Waals surface area contributed by atoms with E-state index in [4.69, 9.17) is 10.5 Å². The second-order valence-corrected chi connectivity index (χ2v) is 5.64. The van der Waals surface area contributed by atoms with Gasteiger partial charge >= 0.3 is 0 Å². The number of rotatable bonds is 4. The molecule has 1 fully saturated rings. The van der Waals surface area contributed by atoms with E-state index in [-0.39, 0.29) is 5.60 Å². The van der Waals surface area contributed by atoms with Crippen molar-refractivity contribution >= 4 is 11.5 Å². The van der Waals surface area contributed by atoms with Crippen LogP contribution in [0.5, 0.6) is 0 Å². The Kier molecular flexibility index (Phi) is 3.52. The van der Waals surface area contributed by atoms with Crippen LogP contribution in [0, 0.1) is 6.92 Å². The summed E-state index contributed by atoms with van der Waals surface area (Å²) in [6.45, 7) is 9.92. The molecule has 1 aliphatic heterocycles. The first kappa shape index (κ1) is 13.2. The summed E-state index contributed by atoms with van der Waals surface area (Å²) in [4.78, 5) is 0. The second kappa shape index (κ2) is 4.80. The number of nitrogens with one attached hydrogen (secondary N) is 1. The molecule has 0 aromatic carbocycles. The van der Waals surface area contributed by atoms with E-state index in [0.717, 1.165) is 43.2 Å². The van der Waals surface area contributed by atoms with Crippen molar-refractivity contribution in [1.29, 1.82) is 0 Å². The zero-order chi connectivity index (χ0) is 13.3. The fourth-order valence-electron chi connectivity index (χ4n) is 2.36. The summed E-state index contributed by atoms with van der Waals surface area (Å²) < 4.78 is 7.72. The highest BCUT2D eigenvalue weighted by molar-refractivity contribution is 5.65. The van der Waals surface area contributed by atoms with Gasteiger partial charge in [-0.2, -0.15) is 5.10 Å². The van der Waals surface area contributed by atoms with Crippen molar-refractivity contribution in [3.63, 3.8) is 0 Å². The molecule has 0 saturated carbocycles. The Morgan fingerprint density at radius 1 is 1.56 bits per heavy atom. The molecule has 18 heavy (non-hydrogen) atoms. The van der Waals surface area contributed by atoms with Crippen LogP contribution in [0.1, 0.15) is 45.3 Å². The van der Waals surface area contributed by atoms with Gasteiger partial charge in [0.1, 0.15) is 5.82 Å². The Morgan fingerprint density at radius 2 is 2.28 bits per heavy atom. The molecule has 1 saturated heterocycles. The smallest absolute Gasteiger partial charge is 0.148 e. The normalized spacial score (nSPS) is 23.8. The number of hydrogen-bond acceptors (Lipinski definition) is 4. The number of hydrogen-bond donors (Lipinski definition) is 2. The number of anilines is 2. The second-order valence-electron chi connectivity index (χ2n) is 5.64. The van der Waals surface area contributed by atoms with E-state index in [1.54, 1.807) is 0 Å². The number of nitrogens with two attached hydrogens (primary N) is 1. The third-order valence-corrected chi connectivity index (χ3v) is 3.55. The Morgan fingerprint density at radius 3 is 2.83 bits per heavy atom. The molecule has 0 radical (unpaired) electrons. The molecule has 0 amide bonds. The van der Waals surface area contributed by atoms with Gasteiger partial charge in [0.2, 0.25) is 0 Å². The molecule has 1 aromatic rings. The lowest BCUT2D eigenvalue weighted by atomic mass is 10.0. The van der Waals surface area contributed by atoms with Gasteiger partial charge in [0.05, 0.1) is 17.0 Å². The minimum Gasteiger partial charge on any atom is -0.394 e. The number of aryl methyl sites for hydroxylation is 1. The first-order chi connectivity index (χ1) is 8.43. The van der Waals surface area contributed by atoms with Crippen LogP contribution in [-0.4, -0.2) is 28.5 Å². The maximum atomic E-state index is 6.08. The SMILES string of the molecule is Cc1nn(C(C)C)c(NCC2(C)CCCO2)c1N. The number of aromatic nitrogens is 2.